The Hall–Kier alpha value is -3.10. The zero-order valence-electron chi connectivity index (χ0n) is 27.3. The minimum absolute atomic E-state index is 0.502. The molecule has 1 fully saturated rings. The van der Waals surface area contributed by atoms with E-state index in [2.05, 4.69) is 45.2 Å². The van der Waals surface area contributed by atoms with Crippen LogP contribution in [-0.4, -0.2) is 40.9 Å². The molecule has 0 bridgehead atoms. The minimum atomic E-state index is -0.720. The fourth-order valence-electron chi connectivity index (χ4n) is 3.33. The van der Waals surface area contributed by atoms with Gasteiger partial charge in [-0.15, -0.1) is 11.6 Å². The molecule has 0 unspecified atom stereocenters. The molecule has 0 spiro atoms. The van der Waals surface area contributed by atoms with Crippen molar-refractivity contribution in [3.63, 3.8) is 0 Å². The van der Waals surface area contributed by atoms with Crippen molar-refractivity contribution in [2.24, 2.45) is 16.8 Å². The molecule has 0 saturated heterocycles. The predicted molar refractivity (Wildman–Crippen MR) is 189 cm³/mol. The highest BCUT2D eigenvalue weighted by atomic mass is 35.5. The number of alkyl carbamates (subject to hydrolysis) is 1. The van der Waals surface area contributed by atoms with Crippen LogP contribution in [0.15, 0.2) is 47.6 Å². The Balaban J connectivity index is 0.000000765. The van der Waals surface area contributed by atoms with Gasteiger partial charge in [-0.05, 0) is 101 Å². The average molecular weight is 668 g/mol. The number of halogens is 2. The Morgan fingerprint density at radius 2 is 1.73 bits per heavy atom. The Morgan fingerprint density at radius 3 is 2.18 bits per heavy atom. The number of benzene rings is 2. The molecule has 0 aromatic heterocycles. The van der Waals surface area contributed by atoms with E-state index in [0.29, 0.717) is 28.2 Å². The number of hydrazone groups is 1. The molecule has 3 rings (SSSR count). The zero-order valence-corrected chi connectivity index (χ0v) is 29.6. The molecule has 244 valence electrons. The number of alkyl halides is 1. The maximum Gasteiger partial charge on any atom is 0.408 e. The SMILES string of the molecule is CC.CC(C)(C#Cc1ccc(NC=O)cc1)NC(=O)OC(C)(C)C.CCS/C(=N/N)N(N)c1ccc(C2CC2)cc1Cl.CCl. The molecule has 0 heterocycles. The molecule has 2 aromatic carbocycles. The Kier molecular flexibility index (Phi) is 19.3. The second-order valence-electron chi connectivity index (χ2n) is 10.5. The summed E-state index contributed by atoms with van der Waals surface area (Å²) in [5.41, 5.74) is 2.23. The van der Waals surface area contributed by atoms with Gasteiger partial charge in [0.25, 0.3) is 0 Å². The maximum atomic E-state index is 11.8. The van der Waals surface area contributed by atoms with Gasteiger partial charge in [-0.1, -0.05) is 62.0 Å². The van der Waals surface area contributed by atoms with Gasteiger partial charge in [0.15, 0.2) is 0 Å². The third-order valence-electron chi connectivity index (χ3n) is 5.31. The van der Waals surface area contributed by atoms with Crippen LogP contribution in [0.2, 0.25) is 5.02 Å². The minimum Gasteiger partial charge on any atom is -0.444 e. The summed E-state index contributed by atoms with van der Waals surface area (Å²) in [5, 5.41) is 11.6. The van der Waals surface area contributed by atoms with Crippen molar-refractivity contribution in [3.8, 4) is 11.8 Å². The van der Waals surface area contributed by atoms with Gasteiger partial charge < -0.3 is 21.2 Å². The van der Waals surface area contributed by atoms with Gasteiger partial charge in [-0.2, -0.15) is 5.10 Å². The van der Waals surface area contributed by atoms with Crippen LogP contribution < -0.4 is 27.3 Å². The number of rotatable bonds is 6. The van der Waals surface area contributed by atoms with Crippen LogP contribution in [0.1, 0.15) is 85.3 Å². The van der Waals surface area contributed by atoms with Gasteiger partial charge in [0, 0.05) is 17.6 Å². The first kappa shape index (κ1) is 40.9. The summed E-state index contributed by atoms with van der Waals surface area (Å²) in [6.45, 7) is 15.0. The fourth-order valence-corrected chi connectivity index (χ4v) is 4.18. The summed E-state index contributed by atoms with van der Waals surface area (Å²) in [6, 6.07) is 13.1. The highest BCUT2D eigenvalue weighted by Gasteiger charge is 2.25. The summed E-state index contributed by atoms with van der Waals surface area (Å²) >= 11 is 12.4. The topological polar surface area (TPSA) is 135 Å². The van der Waals surface area contributed by atoms with E-state index in [9.17, 15) is 9.59 Å². The smallest absolute Gasteiger partial charge is 0.408 e. The first-order valence-corrected chi connectivity index (χ1v) is 16.4. The number of nitrogens with two attached hydrogens (primary N) is 2. The molecule has 2 aromatic rings. The average Bonchev–Trinajstić information content (AvgIpc) is 3.82. The Labute approximate surface area is 277 Å². The standard InChI is InChI=1S/C17H22N2O3.C12H17ClN4S.C2H6.CH3Cl/c1-16(2,3)22-15(21)19-17(4,5)11-10-13-6-8-14(9-7-13)18-12-20;1-2-18-12(16-14)17(15)11-6-5-9(7-10(11)13)8-3-4-8;2*1-2/h6-9,12H,1-5H3,(H,18,20)(H,19,21);5-8H,2-4,14-15H2,1H3;1-2H3;1H3/b;16-12+;;. The first-order chi connectivity index (χ1) is 20.8. The van der Waals surface area contributed by atoms with E-state index in [1.807, 2.05) is 32.9 Å². The molecule has 9 nitrogen and oxygen atoms in total. The number of anilines is 2. The van der Waals surface area contributed by atoms with Crippen LogP contribution in [-0.2, 0) is 9.53 Å². The number of amidine groups is 1. The second-order valence-corrected chi connectivity index (χ2v) is 12.2. The third-order valence-corrected chi connectivity index (χ3v) is 6.46. The van der Waals surface area contributed by atoms with Crippen molar-refractivity contribution in [1.82, 2.24) is 5.32 Å². The first-order valence-electron chi connectivity index (χ1n) is 14.3. The summed E-state index contributed by atoms with van der Waals surface area (Å²) in [4.78, 5) is 22.1. The number of carbonyl (C=O) groups excluding carboxylic acids is 2. The van der Waals surface area contributed by atoms with Crippen molar-refractivity contribution < 1.29 is 14.3 Å². The van der Waals surface area contributed by atoms with Crippen molar-refractivity contribution in [3.05, 3.63) is 58.6 Å². The normalized spacial score (nSPS) is 12.2. The lowest BCUT2D eigenvalue weighted by Gasteiger charge is -2.24. The number of nitrogens with one attached hydrogen (secondary N) is 2. The van der Waals surface area contributed by atoms with Gasteiger partial charge >= 0.3 is 6.09 Å². The lowest BCUT2D eigenvalue weighted by molar-refractivity contribution is -0.105. The van der Waals surface area contributed by atoms with Crippen LogP contribution in [0.25, 0.3) is 0 Å². The van der Waals surface area contributed by atoms with E-state index in [0.717, 1.165) is 17.0 Å². The van der Waals surface area contributed by atoms with Crippen LogP contribution in [0.4, 0.5) is 16.2 Å². The number of hydrogen-bond donors (Lipinski definition) is 4. The van der Waals surface area contributed by atoms with Crippen molar-refractivity contribution in [1.29, 1.82) is 0 Å². The van der Waals surface area contributed by atoms with Gasteiger partial charge in [0.2, 0.25) is 11.6 Å². The van der Waals surface area contributed by atoms with Crippen LogP contribution in [0, 0.1) is 11.8 Å². The van der Waals surface area contributed by atoms with Crippen molar-refractivity contribution >= 4 is 64.0 Å². The van der Waals surface area contributed by atoms with Gasteiger partial charge in [-0.3, -0.25) is 9.80 Å². The number of hydrazine groups is 1. The molecular formula is C32H48Cl2N6O3S. The van der Waals surface area contributed by atoms with Crippen LogP contribution in [0.5, 0.6) is 0 Å². The molecule has 1 aliphatic carbocycles. The van der Waals surface area contributed by atoms with E-state index in [1.54, 1.807) is 58.9 Å². The monoisotopic (exact) mass is 666 g/mol. The molecule has 6 N–H and O–H groups in total. The summed E-state index contributed by atoms with van der Waals surface area (Å²) < 4.78 is 5.21. The molecule has 1 saturated carbocycles. The quantitative estimate of drug-likeness (QED) is 0.0472. The number of ether oxygens (including phenoxy) is 1. The molecular weight excluding hydrogens is 619 g/mol. The second kappa shape index (κ2) is 20.8. The Bertz CT molecular complexity index is 1250. The van der Waals surface area contributed by atoms with Gasteiger partial charge in [0.1, 0.15) is 5.60 Å². The van der Waals surface area contributed by atoms with E-state index in [4.69, 9.17) is 28.0 Å². The molecule has 44 heavy (non-hydrogen) atoms. The maximum absolute atomic E-state index is 11.8. The van der Waals surface area contributed by atoms with E-state index in [1.165, 1.54) is 41.6 Å². The molecule has 0 atom stereocenters. The van der Waals surface area contributed by atoms with E-state index < -0.39 is 17.2 Å². The number of thioether (sulfide) groups is 1. The highest BCUT2D eigenvalue weighted by Crippen LogP contribution is 2.42. The lowest BCUT2D eigenvalue weighted by Crippen LogP contribution is -2.44. The highest BCUT2D eigenvalue weighted by molar-refractivity contribution is 8.14. The third kappa shape index (κ3) is 16.1. The Morgan fingerprint density at radius 1 is 1.14 bits per heavy atom. The van der Waals surface area contributed by atoms with E-state index >= 15 is 0 Å². The molecule has 0 radical (unpaired) electrons. The van der Waals surface area contributed by atoms with Crippen molar-refractivity contribution in [2.45, 2.75) is 85.3 Å². The van der Waals surface area contributed by atoms with Crippen LogP contribution >= 0.6 is 35.0 Å². The number of nitrogens with zero attached hydrogens (tertiary/aromatic N) is 2. The summed E-state index contributed by atoms with van der Waals surface area (Å²) in [5.74, 6) is 18.8. The number of carbonyl (C=O) groups is 2. The number of amides is 2. The summed E-state index contributed by atoms with van der Waals surface area (Å²) in [7, 11) is 0. The van der Waals surface area contributed by atoms with Crippen LogP contribution in [0.3, 0.4) is 0 Å². The molecule has 1 aliphatic rings. The van der Waals surface area contributed by atoms with Crippen molar-refractivity contribution in [2.75, 3.05) is 22.5 Å². The fraction of sp³-hybridized carbons (Fsp3) is 0.469. The molecule has 12 heteroatoms. The van der Waals surface area contributed by atoms with E-state index in [-0.39, 0.29) is 0 Å². The zero-order chi connectivity index (χ0) is 33.9. The molecule has 0 aliphatic heterocycles. The lowest BCUT2D eigenvalue weighted by atomic mass is 10.1. The summed E-state index contributed by atoms with van der Waals surface area (Å²) in [6.07, 6.45) is 4.10. The van der Waals surface area contributed by atoms with Gasteiger partial charge in [-0.25, -0.2) is 10.6 Å². The largest absolute Gasteiger partial charge is 0.444 e. The number of hydrogen-bond acceptors (Lipinski definition) is 7. The predicted octanol–water partition coefficient (Wildman–Crippen LogP) is 7.67. The van der Waals surface area contributed by atoms with Gasteiger partial charge in [0.05, 0.1) is 16.2 Å². The molecule has 2 amide bonds.